The Kier molecular flexibility index (Phi) is 6.80. The fourth-order valence-electron chi connectivity index (χ4n) is 3.97. The predicted molar refractivity (Wildman–Crippen MR) is 124 cm³/mol. The SMILES string of the molecule is COc1ccc(NC(=O)CN2CCN(c3ccc(F)cc3F)CC2)cc1-c1c(Cl)cnn1C. The van der Waals surface area contributed by atoms with Gasteiger partial charge >= 0.3 is 0 Å². The highest BCUT2D eigenvalue weighted by Gasteiger charge is 2.22. The summed E-state index contributed by atoms with van der Waals surface area (Å²) in [5.74, 6) is -0.727. The lowest BCUT2D eigenvalue weighted by molar-refractivity contribution is -0.117. The van der Waals surface area contributed by atoms with E-state index in [2.05, 4.69) is 10.4 Å². The molecule has 0 spiro atoms. The van der Waals surface area contributed by atoms with E-state index in [1.165, 1.54) is 12.1 Å². The second kappa shape index (κ2) is 9.76. The average Bonchev–Trinajstić information content (AvgIpc) is 3.12. The van der Waals surface area contributed by atoms with Crippen molar-refractivity contribution < 1.29 is 18.3 Å². The topological polar surface area (TPSA) is 62.6 Å². The molecule has 1 aromatic heterocycles. The number of anilines is 2. The molecule has 7 nitrogen and oxygen atoms in total. The minimum absolute atomic E-state index is 0.163. The molecule has 2 heterocycles. The number of nitrogens with one attached hydrogen (secondary N) is 1. The molecule has 2 aromatic carbocycles. The first-order chi connectivity index (χ1) is 15.9. The van der Waals surface area contributed by atoms with E-state index in [4.69, 9.17) is 16.3 Å². The summed E-state index contributed by atoms with van der Waals surface area (Å²) in [7, 11) is 3.35. The van der Waals surface area contributed by atoms with Crippen LogP contribution in [0.2, 0.25) is 5.02 Å². The van der Waals surface area contributed by atoms with Crippen molar-refractivity contribution in [3.63, 3.8) is 0 Å². The minimum atomic E-state index is -0.598. The zero-order valence-corrected chi connectivity index (χ0v) is 19.1. The largest absolute Gasteiger partial charge is 0.496 e. The molecule has 1 amide bonds. The molecule has 1 aliphatic heterocycles. The summed E-state index contributed by atoms with van der Waals surface area (Å²) in [5.41, 5.74) is 2.39. The standard InChI is InChI=1S/C23H24ClF2N5O2/c1-29-23(18(24)13-27-29)17-12-16(4-6-21(17)33-2)28-22(32)14-30-7-9-31(10-8-30)20-5-3-15(25)11-19(20)26/h3-6,11-13H,7-10,14H2,1-2H3,(H,28,32). The van der Waals surface area contributed by atoms with E-state index < -0.39 is 11.6 Å². The Morgan fingerprint density at radius 1 is 1.15 bits per heavy atom. The van der Waals surface area contributed by atoms with Crippen LogP contribution >= 0.6 is 11.6 Å². The highest BCUT2D eigenvalue weighted by atomic mass is 35.5. The first-order valence-corrected chi connectivity index (χ1v) is 10.8. The monoisotopic (exact) mass is 475 g/mol. The van der Waals surface area contributed by atoms with Gasteiger partial charge in [0.05, 0.1) is 36.3 Å². The summed E-state index contributed by atoms with van der Waals surface area (Å²) in [6.07, 6.45) is 1.55. The van der Waals surface area contributed by atoms with Gasteiger partial charge < -0.3 is 15.0 Å². The van der Waals surface area contributed by atoms with E-state index in [0.717, 1.165) is 11.6 Å². The maximum absolute atomic E-state index is 14.0. The van der Waals surface area contributed by atoms with Crippen LogP contribution in [0.25, 0.3) is 11.3 Å². The molecule has 0 bridgehead atoms. The molecule has 4 rings (SSSR count). The number of ether oxygens (including phenoxy) is 1. The van der Waals surface area contributed by atoms with E-state index in [1.807, 2.05) is 9.80 Å². The second-order valence-electron chi connectivity index (χ2n) is 7.79. The lowest BCUT2D eigenvalue weighted by atomic mass is 10.1. The number of amides is 1. The molecule has 3 aromatic rings. The van der Waals surface area contributed by atoms with Crippen LogP contribution in [0.5, 0.6) is 5.75 Å². The molecule has 33 heavy (non-hydrogen) atoms. The molecule has 1 saturated heterocycles. The summed E-state index contributed by atoms with van der Waals surface area (Å²) in [6.45, 7) is 2.46. The number of methoxy groups -OCH3 is 1. The summed E-state index contributed by atoms with van der Waals surface area (Å²) in [6, 6.07) is 8.92. The van der Waals surface area contributed by atoms with Gasteiger partial charge in [-0.05, 0) is 30.3 Å². The Labute approximate surface area is 195 Å². The molecule has 0 atom stereocenters. The van der Waals surface area contributed by atoms with Gasteiger partial charge in [-0.3, -0.25) is 14.4 Å². The van der Waals surface area contributed by atoms with Crippen molar-refractivity contribution in [2.24, 2.45) is 7.05 Å². The molecule has 0 radical (unpaired) electrons. The van der Waals surface area contributed by atoms with Crippen LogP contribution < -0.4 is 15.0 Å². The van der Waals surface area contributed by atoms with Gasteiger partial charge in [-0.15, -0.1) is 0 Å². The first-order valence-electron chi connectivity index (χ1n) is 10.4. The molecular formula is C23H24ClF2N5O2. The summed E-state index contributed by atoms with van der Waals surface area (Å²) < 4.78 is 34.3. The molecule has 10 heteroatoms. The van der Waals surface area contributed by atoms with Gasteiger partial charge in [-0.2, -0.15) is 5.10 Å². The van der Waals surface area contributed by atoms with Crippen molar-refractivity contribution in [3.8, 4) is 17.0 Å². The van der Waals surface area contributed by atoms with Gasteiger partial charge in [0.25, 0.3) is 0 Å². The molecule has 1 N–H and O–H groups in total. The van der Waals surface area contributed by atoms with Crippen LogP contribution in [0, 0.1) is 11.6 Å². The first kappa shape index (κ1) is 23.0. The van der Waals surface area contributed by atoms with Crippen molar-refractivity contribution in [1.82, 2.24) is 14.7 Å². The number of aromatic nitrogens is 2. The third-order valence-corrected chi connectivity index (χ3v) is 5.90. The maximum atomic E-state index is 14.0. The fraction of sp³-hybridized carbons (Fsp3) is 0.304. The average molecular weight is 476 g/mol. The quantitative estimate of drug-likeness (QED) is 0.588. The lowest BCUT2D eigenvalue weighted by Gasteiger charge is -2.35. The number of rotatable bonds is 6. The maximum Gasteiger partial charge on any atom is 0.238 e. The number of benzene rings is 2. The van der Waals surface area contributed by atoms with Crippen LogP contribution in [0.1, 0.15) is 0 Å². The van der Waals surface area contributed by atoms with E-state index in [-0.39, 0.29) is 12.5 Å². The van der Waals surface area contributed by atoms with Gasteiger partial charge in [-0.1, -0.05) is 11.6 Å². The van der Waals surface area contributed by atoms with Gasteiger partial charge in [0, 0.05) is 50.5 Å². The van der Waals surface area contributed by atoms with E-state index in [0.29, 0.717) is 54.0 Å². The Bertz CT molecular complexity index is 1140. The van der Waals surface area contributed by atoms with E-state index >= 15 is 0 Å². The van der Waals surface area contributed by atoms with Gasteiger partial charge in [0.2, 0.25) is 5.91 Å². The Morgan fingerprint density at radius 3 is 2.55 bits per heavy atom. The smallest absolute Gasteiger partial charge is 0.238 e. The summed E-state index contributed by atoms with van der Waals surface area (Å²) in [4.78, 5) is 16.5. The number of nitrogens with zero attached hydrogens (tertiary/aromatic N) is 4. The van der Waals surface area contributed by atoms with Crippen LogP contribution in [-0.2, 0) is 11.8 Å². The molecule has 0 unspecified atom stereocenters. The molecular weight excluding hydrogens is 452 g/mol. The second-order valence-corrected chi connectivity index (χ2v) is 8.19. The fourth-order valence-corrected chi connectivity index (χ4v) is 4.24. The number of carbonyl (C=O) groups is 1. The lowest BCUT2D eigenvalue weighted by Crippen LogP contribution is -2.48. The highest BCUT2D eigenvalue weighted by Crippen LogP contribution is 2.36. The van der Waals surface area contributed by atoms with Crippen LogP contribution in [0.4, 0.5) is 20.2 Å². The molecule has 1 fully saturated rings. The Morgan fingerprint density at radius 2 is 1.91 bits per heavy atom. The van der Waals surface area contributed by atoms with Crippen molar-refractivity contribution in [1.29, 1.82) is 0 Å². The number of halogens is 3. The molecule has 0 aliphatic carbocycles. The number of hydrogen-bond donors (Lipinski definition) is 1. The zero-order chi connectivity index (χ0) is 23.5. The van der Waals surface area contributed by atoms with Gasteiger partial charge in [-0.25, -0.2) is 8.78 Å². The van der Waals surface area contributed by atoms with E-state index in [9.17, 15) is 13.6 Å². The number of aryl methyl sites for hydroxylation is 1. The van der Waals surface area contributed by atoms with Crippen molar-refractivity contribution in [3.05, 3.63) is 59.3 Å². The van der Waals surface area contributed by atoms with Crippen LogP contribution in [-0.4, -0.2) is 60.4 Å². The minimum Gasteiger partial charge on any atom is -0.496 e. The highest BCUT2D eigenvalue weighted by molar-refractivity contribution is 6.33. The van der Waals surface area contributed by atoms with Crippen molar-refractivity contribution in [2.45, 2.75) is 0 Å². The van der Waals surface area contributed by atoms with Crippen molar-refractivity contribution >= 4 is 28.9 Å². The van der Waals surface area contributed by atoms with Gasteiger partial charge in [0.15, 0.2) is 0 Å². The number of piperazine rings is 1. The Balaban J connectivity index is 1.38. The van der Waals surface area contributed by atoms with Gasteiger partial charge in [0.1, 0.15) is 17.4 Å². The third-order valence-electron chi connectivity index (χ3n) is 5.62. The molecule has 1 aliphatic rings. The zero-order valence-electron chi connectivity index (χ0n) is 18.3. The normalized spacial score (nSPS) is 14.4. The Hall–Kier alpha value is -3.17. The summed E-state index contributed by atoms with van der Waals surface area (Å²) >= 11 is 6.29. The number of carbonyl (C=O) groups excluding carboxylic acids is 1. The van der Waals surface area contributed by atoms with Crippen LogP contribution in [0.15, 0.2) is 42.6 Å². The predicted octanol–water partition coefficient (Wildman–Crippen LogP) is 3.79. The summed E-state index contributed by atoms with van der Waals surface area (Å²) in [5, 5.41) is 7.56. The molecule has 174 valence electrons. The third kappa shape index (κ3) is 5.09. The molecule has 0 saturated carbocycles. The van der Waals surface area contributed by atoms with Crippen LogP contribution in [0.3, 0.4) is 0 Å². The van der Waals surface area contributed by atoms with E-state index in [1.54, 1.807) is 43.2 Å². The number of hydrogen-bond acceptors (Lipinski definition) is 5. The van der Waals surface area contributed by atoms with Crippen molar-refractivity contribution in [2.75, 3.05) is 50.1 Å².